The number of nitrogens with zero attached hydrogens (tertiary/aromatic N) is 2. The second-order valence-electron chi connectivity index (χ2n) is 6.46. The minimum atomic E-state index is -0.345. The lowest BCUT2D eigenvalue weighted by Gasteiger charge is -2.14. The second-order valence-corrected chi connectivity index (χ2v) is 6.46. The number of nitrogens with one attached hydrogen (secondary N) is 2. The molecule has 150 valence electrons. The predicted octanol–water partition coefficient (Wildman–Crippen LogP) is 4.66. The summed E-state index contributed by atoms with van der Waals surface area (Å²) < 4.78 is 11.2. The molecular weight excluding hydrogens is 368 g/mol. The summed E-state index contributed by atoms with van der Waals surface area (Å²) in [6.45, 7) is 6.41. The zero-order valence-corrected chi connectivity index (χ0v) is 16.7. The zero-order chi connectivity index (χ0) is 20.6. The Bertz CT molecular complexity index is 958. The maximum Gasteiger partial charge on any atom is 0.274 e. The van der Waals surface area contributed by atoms with Crippen molar-refractivity contribution in [3.63, 3.8) is 0 Å². The molecule has 3 aromatic rings. The molecule has 3 rings (SSSR count). The van der Waals surface area contributed by atoms with Gasteiger partial charge in [0, 0.05) is 11.9 Å². The fraction of sp³-hybridized carbons (Fsp3) is 0.227. The average Bonchev–Trinajstić information content (AvgIpc) is 2.71. The maximum atomic E-state index is 12.7. The topological polar surface area (TPSA) is 85.4 Å². The molecule has 0 spiro atoms. The Hall–Kier alpha value is -3.61. The smallest absolute Gasteiger partial charge is 0.274 e. The minimum absolute atomic E-state index is 0.00276. The van der Waals surface area contributed by atoms with Crippen LogP contribution >= 0.6 is 0 Å². The summed E-state index contributed by atoms with van der Waals surface area (Å²) in [5, 5.41) is 5.93. The molecule has 1 amide bonds. The summed E-state index contributed by atoms with van der Waals surface area (Å²) in [7, 11) is 0. The molecule has 0 saturated carbocycles. The van der Waals surface area contributed by atoms with Crippen LogP contribution in [0.25, 0.3) is 0 Å². The van der Waals surface area contributed by atoms with Gasteiger partial charge in [0.25, 0.3) is 5.91 Å². The number of hydrogen-bond acceptors (Lipinski definition) is 6. The fourth-order valence-corrected chi connectivity index (χ4v) is 2.59. The van der Waals surface area contributed by atoms with Gasteiger partial charge >= 0.3 is 0 Å². The van der Waals surface area contributed by atoms with Gasteiger partial charge in [0.15, 0.2) is 0 Å². The third kappa shape index (κ3) is 5.68. The molecule has 29 heavy (non-hydrogen) atoms. The van der Waals surface area contributed by atoms with Crippen molar-refractivity contribution >= 4 is 23.2 Å². The van der Waals surface area contributed by atoms with E-state index in [0.29, 0.717) is 24.0 Å². The van der Waals surface area contributed by atoms with Gasteiger partial charge < -0.3 is 20.1 Å². The standard InChI is InChI=1S/C22H24N4O3/c1-4-28-17-11-9-16(10-12-17)24-22-23-14-13-19(26-22)21(27)25-18-7-5-6-8-20(18)29-15(2)3/h5-15H,4H2,1-3H3,(H,25,27)(H,23,24,26). The molecule has 1 aromatic heterocycles. The Balaban J connectivity index is 1.71. The van der Waals surface area contributed by atoms with Crippen molar-refractivity contribution in [1.29, 1.82) is 0 Å². The molecule has 0 saturated heterocycles. The van der Waals surface area contributed by atoms with Gasteiger partial charge in [0.05, 0.1) is 18.4 Å². The van der Waals surface area contributed by atoms with Crippen LogP contribution < -0.4 is 20.1 Å². The molecule has 0 atom stereocenters. The molecule has 7 nitrogen and oxygen atoms in total. The van der Waals surface area contributed by atoms with Gasteiger partial charge in [0.1, 0.15) is 17.2 Å². The first-order valence-corrected chi connectivity index (χ1v) is 9.45. The Morgan fingerprint density at radius 2 is 1.83 bits per heavy atom. The summed E-state index contributed by atoms with van der Waals surface area (Å²) in [5.74, 6) is 1.38. The van der Waals surface area contributed by atoms with Crippen LogP contribution in [0, 0.1) is 0 Å². The molecule has 0 aliphatic heterocycles. The Kier molecular flexibility index (Phi) is 6.63. The van der Waals surface area contributed by atoms with Crippen LogP contribution in [0.5, 0.6) is 11.5 Å². The summed E-state index contributed by atoms with van der Waals surface area (Å²) in [4.78, 5) is 21.2. The number of aromatic nitrogens is 2. The molecule has 0 fully saturated rings. The van der Waals surface area contributed by atoms with Gasteiger partial charge in [0.2, 0.25) is 5.95 Å². The van der Waals surface area contributed by atoms with E-state index in [4.69, 9.17) is 9.47 Å². The first-order valence-electron chi connectivity index (χ1n) is 9.45. The van der Waals surface area contributed by atoms with Crippen molar-refractivity contribution in [2.45, 2.75) is 26.9 Å². The number of para-hydroxylation sites is 2. The largest absolute Gasteiger partial charge is 0.494 e. The van der Waals surface area contributed by atoms with E-state index < -0.39 is 0 Å². The molecular formula is C22H24N4O3. The molecule has 0 radical (unpaired) electrons. The maximum absolute atomic E-state index is 12.7. The minimum Gasteiger partial charge on any atom is -0.494 e. The quantitative estimate of drug-likeness (QED) is 0.580. The van der Waals surface area contributed by atoms with Crippen LogP contribution in [-0.4, -0.2) is 28.6 Å². The van der Waals surface area contributed by atoms with Crippen molar-refractivity contribution in [3.8, 4) is 11.5 Å². The highest BCUT2D eigenvalue weighted by atomic mass is 16.5. The van der Waals surface area contributed by atoms with Crippen LogP contribution in [0.15, 0.2) is 60.8 Å². The highest BCUT2D eigenvalue weighted by molar-refractivity contribution is 6.03. The first kappa shape index (κ1) is 20.1. The second kappa shape index (κ2) is 9.54. The van der Waals surface area contributed by atoms with Crippen LogP contribution in [-0.2, 0) is 0 Å². The monoisotopic (exact) mass is 392 g/mol. The molecule has 2 aromatic carbocycles. The summed E-state index contributed by atoms with van der Waals surface area (Å²) in [5.41, 5.74) is 1.63. The fourth-order valence-electron chi connectivity index (χ4n) is 2.59. The van der Waals surface area contributed by atoms with Crippen molar-refractivity contribution in [2.75, 3.05) is 17.2 Å². The first-order chi connectivity index (χ1) is 14.0. The lowest BCUT2D eigenvalue weighted by molar-refractivity contribution is 0.102. The number of benzene rings is 2. The number of ether oxygens (including phenoxy) is 2. The zero-order valence-electron chi connectivity index (χ0n) is 16.7. The lowest BCUT2D eigenvalue weighted by Crippen LogP contribution is -2.16. The molecule has 2 N–H and O–H groups in total. The van der Waals surface area contributed by atoms with Gasteiger partial charge in [-0.1, -0.05) is 12.1 Å². The van der Waals surface area contributed by atoms with E-state index >= 15 is 0 Å². The highest BCUT2D eigenvalue weighted by Gasteiger charge is 2.13. The van der Waals surface area contributed by atoms with Gasteiger partial charge in [-0.2, -0.15) is 0 Å². The summed E-state index contributed by atoms with van der Waals surface area (Å²) in [6.07, 6.45) is 1.53. The number of carbonyl (C=O) groups excluding carboxylic acids is 1. The van der Waals surface area contributed by atoms with E-state index in [0.717, 1.165) is 11.4 Å². The molecule has 0 aliphatic rings. The van der Waals surface area contributed by atoms with Gasteiger partial charge in [-0.05, 0) is 63.2 Å². The Labute approximate surface area is 170 Å². The van der Waals surface area contributed by atoms with Crippen molar-refractivity contribution < 1.29 is 14.3 Å². The van der Waals surface area contributed by atoms with E-state index in [9.17, 15) is 4.79 Å². The normalized spacial score (nSPS) is 10.5. The van der Waals surface area contributed by atoms with E-state index in [1.165, 1.54) is 6.20 Å². The van der Waals surface area contributed by atoms with Crippen LogP contribution in [0.2, 0.25) is 0 Å². The van der Waals surface area contributed by atoms with Crippen LogP contribution in [0.3, 0.4) is 0 Å². The number of rotatable bonds is 8. The van der Waals surface area contributed by atoms with Crippen molar-refractivity contribution in [1.82, 2.24) is 9.97 Å². The van der Waals surface area contributed by atoms with Crippen LogP contribution in [0.1, 0.15) is 31.3 Å². The highest BCUT2D eigenvalue weighted by Crippen LogP contribution is 2.25. The molecule has 0 bridgehead atoms. The van der Waals surface area contributed by atoms with E-state index in [2.05, 4.69) is 20.6 Å². The van der Waals surface area contributed by atoms with Gasteiger partial charge in [-0.3, -0.25) is 4.79 Å². The van der Waals surface area contributed by atoms with E-state index in [1.807, 2.05) is 63.2 Å². The van der Waals surface area contributed by atoms with Gasteiger partial charge in [-0.15, -0.1) is 0 Å². The van der Waals surface area contributed by atoms with Crippen LogP contribution in [0.4, 0.5) is 17.3 Å². The average molecular weight is 392 g/mol. The van der Waals surface area contributed by atoms with Gasteiger partial charge in [-0.25, -0.2) is 9.97 Å². The Morgan fingerprint density at radius 1 is 1.07 bits per heavy atom. The Morgan fingerprint density at radius 3 is 2.55 bits per heavy atom. The third-order valence-electron chi connectivity index (χ3n) is 3.81. The lowest BCUT2D eigenvalue weighted by atomic mass is 10.2. The number of hydrogen-bond donors (Lipinski definition) is 2. The number of carbonyl (C=O) groups is 1. The molecule has 7 heteroatoms. The summed E-state index contributed by atoms with van der Waals surface area (Å²) in [6, 6.07) is 16.3. The number of anilines is 3. The van der Waals surface area contributed by atoms with Crippen molar-refractivity contribution in [2.24, 2.45) is 0 Å². The predicted molar refractivity (Wildman–Crippen MR) is 113 cm³/mol. The van der Waals surface area contributed by atoms with E-state index in [-0.39, 0.29) is 17.7 Å². The summed E-state index contributed by atoms with van der Waals surface area (Å²) >= 11 is 0. The molecule has 0 unspecified atom stereocenters. The van der Waals surface area contributed by atoms with Crippen molar-refractivity contribution in [3.05, 3.63) is 66.5 Å². The number of amides is 1. The molecule has 1 heterocycles. The third-order valence-corrected chi connectivity index (χ3v) is 3.81. The molecule has 0 aliphatic carbocycles. The SMILES string of the molecule is CCOc1ccc(Nc2nccc(C(=O)Nc3ccccc3OC(C)C)n2)cc1. The van der Waals surface area contributed by atoms with E-state index in [1.54, 1.807) is 12.1 Å².